The van der Waals surface area contributed by atoms with Gasteiger partial charge in [0.25, 0.3) is 0 Å². The van der Waals surface area contributed by atoms with Crippen molar-refractivity contribution < 1.29 is 9.59 Å². The standard InChI is InChI=1S/C42H74O2/c1-29(2)15-13-17-31(5)35-21-23-37-39(43)25-33(27-41(35,37)7)19-11-9-10-12-20-34-26-40(44)38-24-22-36(42(38,8)28-34)32(6)18-14-16-30(3)4/h29-38H,9-28H2,1-8H3/t31-,32-,33+,34+,35-,36-,37+,38+,41-,42-/m1/s1. The number of hydrogen-bond donors (Lipinski definition) is 0. The molecule has 4 rings (SSSR count). The van der Waals surface area contributed by atoms with E-state index in [9.17, 15) is 9.59 Å². The zero-order chi connectivity index (χ0) is 32.1. The quantitative estimate of drug-likeness (QED) is 0.154. The van der Waals surface area contributed by atoms with Gasteiger partial charge in [-0.05, 0) is 96.7 Å². The Labute approximate surface area is 274 Å². The topological polar surface area (TPSA) is 34.1 Å². The number of carbonyl (C=O) groups is 2. The lowest BCUT2D eigenvalue weighted by Gasteiger charge is -2.45. The van der Waals surface area contributed by atoms with E-state index in [0.29, 0.717) is 35.2 Å². The molecule has 0 aliphatic heterocycles. The molecule has 2 heteroatoms. The second-order valence-corrected chi connectivity index (χ2v) is 18.6. The normalized spacial score (nSPS) is 37.0. The maximum atomic E-state index is 13.3. The first kappa shape index (κ1) is 36.2. The molecule has 4 fully saturated rings. The Balaban J connectivity index is 1.18. The molecule has 0 amide bonds. The van der Waals surface area contributed by atoms with Crippen LogP contribution in [0.5, 0.6) is 0 Å². The van der Waals surface area contributed by atoms with Crippen LogP contribution in [-0.2, 0) is 9.59 Å². The molecule has 254 valence electrons. The lowest BCUT2D eigenvalue weighted by Crippen LogP contribution is -2.42. The molecular weight excluding hydrogens is 536 g/mol. The third-order valence-electron chi connectivity index (χ3n) is 14.3. The zero-order valence-electron chi connectivity index (χ0n) is 30.7. The molecule has 0 bridgehead atoms. The summed E-state index contributed by atoms with van der Waals surface area (Å²) < 4.78 is 0. The van der Waals surface area contributed by atoms with Crippen LogP contribution >= 0.6 is 0 Å². The molecule has 4 saturated carbocycles. The molecule has 0 aromatic heterocycles. The van der Waals surface area contributed by atoms with E-state index in [1.165, 1.54) is 103 Å². The van der Waals surface area contributed by atoms with E-state index in [2.05, 4.69) is 55.4 Å². The predicted molar refractivity (Wildman–Crippen MR) is 188 cm³/mol. The summed E-state index contributed by atoms with van der Waals surface area (Å²) in [4.78, 5) is 26.6. The van der Waals surface area contributed by atoms with Crippen LogP contribution in [-0.4, -0.2) is 11.6 Å². The van der Waals surface area contributed by atoms with Gasteiger partial charge in [0.05, 0.1) is 0 Å². The van der Waals surface area contributed by atoms with E-state index in [1.807, 2.05) is 0 Å². The summed E-state index contributed by atoms with van der Waals surface area (Å²) >= 11 is 0. The van der Waals surface area contributed by atoms with E-state index >= 15 is 0 Å². The van der Waals surface area contributed by atoms with Gasteiger partial charge in [0, 0.05) is 24.7 Å². The van der Waals surface area contributed by atoms with Crippen LogP contribution in [0, 0.1) is 70.0 Å². The second kappa shape index (κ2) is 16.0. The van der Waals surface area contributed by atoms with Crippen molar-refractivity contribution in [3.05, 3.63) is 0 Å². The molecule has 10 atom stereocenters. The average Bonchev–Trinajstić information content (AvgIpc) is 3.47. The van der Waals surface area contributed by atoms with Crippen molar-refractivity contribution in [2.45, 2.75) is 184 Å². The molecular formula is C42H74O2. The Hall–Kier alpha value is -0.660. The Morgan fingerprint density at radius 1 is 0.545 bits per heavy atom. The fourth-order valence-electron chi connectivity index (χ4n) is 12.0. The predicted octanol–water partition coefficient (Wildman–Crippen LogP) is 12.3. The first-order chi connectivity index (χ1) is 20.8. The van der Waals surface area contributed by atoms with Gasteiger partial charge in [-0.2, -0.15) is 0 Å². The van der Waals surface area contributed by atoms with E-state index in [4.69, 9.17) is 0 Å². The van der Waals surface area contributed by atoms with Crippen LogP contribution in [0.4, 0.5) is 0 Å². The molecule has 0 saturated heterocycles. The molecule has 2 nitrogen and oxygen atoms in total. The summed E-state index contributed by atoms with van der Waals surface area (Å²) in [5.74, 6) is 7.73. The van der Waals surface area contributed by atoms with Crippen molar-refractivity contribution in [2.75, 3.05) is 0 Å². The average molecular weight is 611 g/mol. The third-order valence-corrected chi connectivity index (χ3v) is 14.3. The van der Waals surface area contributed by atoms with Crippen molar-refractivity contribution in [2.24, 2.45) is 70.0 Å². The summed E-state index contributed by atoms with van der Waals surface area (Å²) in [6, 6.07) is 0. The molecule has 0 aromatic carbocycles. The van der Waals surface area contributed by atoms with Gasteiger partial charge in [-0.15, -0.1) is 0 Å². The molecule has 0 unspecified atom stereocenters. The highest BCUT2D eigenvalue weighted by Gasteiger charge is 2.55. The van der Waals surface area contributed by atoms with Gasteiger partial charge >= 0.3 is 0 Å². The summed E-state index contributed by atoms with van der Waals surface area (Å²) in [6.45, 7) is 19.4. The van der Waals surface area contributed by atoms with E-state index in [-0.39, 0.29) is 10.8 Å². The highest BCUT2D eigenvalue weighted by atomic mass is 16.1. The maximum absolute atomic E-state index is 13.3. The van der Waals surface area contributed by atoms with Gasteiger partial charge in [0.15, 0.2) is 0 Å². The summed E-state index contributed by atoms with van der Waals surface area (Å²) in [5, 5.41) is 0. The maximum Gasteiger partial charge on any atom is 0.136 e. The van der Waals surface area contributed by atoms with Gasteiger partial charge in [0.2, 0.25) is 0 Å². The Bertz CT molecular complexity index is 845. The fraction of sp³-hybridized carbons (Fsp3) is 0.952. The van der Waals surface area contributed by atoms with Crippen LogP contribution < -0.4 is 0 Å². The molecule has 0 aromatic rings. The monoisotopic (exact) mass is 611 g/mol. The molecule has 4 aliphatic rings. The number of Topliss-reactive ketones (excluding diaryl/α,β-unsaturated/α-hetero) is 2. The number of unbranched alkanes of at least 4 members (excludes halogenated alkanes) is 3. The Morgan fingerprint density at radius 2 is 0.932 bits per heavy atom. The molecule has 4 aliphatic carbocycles. The van der Waals surface area contributed by atoms with Crippen LogP contribution in [0.25, 0.3) is 0 Å². The van der Waals surface area contributed by atoms with Crippen LogP contribution in [0.1, 0.15) is 184 Å². The van der Waals surface area contributed by atoms with Gasteiger partial charge in [0.1, 0.15) is 11.6 Å². The first-order valence-corrected chi connectivity index (χ1v) is 19.9. The third kappa shape index (κ3) is 8.62. The van der Waals surface area contributed by atoms with Gasteiger partial charge in [-0.1, -0.05) is 132 Å². The van der Waals surface area contributed by atoms with Crippen LogP contribution in [0.2, 0.25) is 0 Å². The smallest absolute Gasteiger partial charge is 0.136 e. The highest BCUT2D eigenvalue weighted by Crippen LogP contribution is 2.60. The van der Waals surface area contributed by atoms with Gasteiger partial charge in [-0.3, -0.25) is 9.59 Å². The van der Waals surface area contributed by atoms with Crippen LogP contribution in [0.15, 0.2) is 0 Å². The SMILES string of the molecule is CC(C)CCC[C@@H](C)[C@H]1CC[C@H]2C(=O)C[C@H](CCCCCC[C@H]3CC(=O)[C@@H]4CC[C@H]([C@H](C)CCCC(C)C)[C@@]4(C)C3)C[C@]12C. The molecule has 0 spiro atoms. The van der Waals surface area contributed by atoms with Crippen molar-refractivity contribution in [1.82, 2.24) is 0 Å². The summed E-state index contributed by atoms with van der Waals surface area (Å²) in [7, 11) is 0. The minimum absolute atomic E-state index is 0.253. The molecule has 44 heavy (non-hydrogen) atoms. The van der Waals surface area contributed by atoms with E-state index < -0.39 is 0 Å². The van der Waals surface area contributed by atoms with Crippen LogP contribution in [0.3, 0.4) is 0 Å². The number of rotatable bonds is 17. The number of ketones is 2. The molecule has 0 radical (unpaired) electrons. The largest absolute Gasteiger partial charge is 0.299 e. The second-order valence-electron chi connectivity index (χ2n) is 18.6. The molecule has 0 heterocycles. The Morgan fingerprint density at radius 3 is 1.30 bits per heavy atom. The highest BCUT2D eigenvalue weighted by molar-refractivity contribution is 5.84. The van der Waals surface area contributed by atoms with Crippen molar-refractivity contribution in [1.29, 1.82) is 0 Å². The number of carbonyl (C=O) groups excluding carboxylic acids is 2. The van der Waals surface area contributed by atoms with Crippen molar-refractivity contribution in [3.63, 3.8) is 0 Å². The number of hydrogen-bond acceptors (Lipinski definition) is 2. The van der Waals surface area contributed by atoms with Crippen molar-refractivity contribution >= 4 is 11.6 Å². The van der Waals surface area contributed by atoms with E-state index in [0.717, 1.165) is 61.2 Å². The zero-order valence-corrected chi connectivity index (χ0v) is 30.7. The lowest BCUT2D eigenvalue weighted by molar-refractivity contribution is -0.133. The minimum Gasteiger partial charge on any atom is -0.299 e. The lowest BCUT2D eigenvalue weighted by atomic mass is 9.58. The minimum atomic E-state index is 0.253. The van der Waals surface area contributed by atoms with Crippen molar-refractivity contribution in [3.8, 4) is 0 Å². The molecule has 0 N–H and O–H groups in total. The number of fused-ring (bicyclic) bond motifs is 2. The van der Waals surface area contributed by atoms with E-state index in [1.54, 1.807) is 0 Å². The van der Waals surface area contributed by atoms with Gasteiger partial charge < -0.3 is 0 Å². The summed E-state index contributed by atoms with van der Waals surface area (Å²) in [6.07, 6.45) is 24.9. The van der Waals surface area contributed by atoms with Gasteiger partial charge in [-0.25, -0.2) is 0 Å². The fourth-order valence-corrected chi connectivity index (χ4v) is 12.0. The summed E-state index contributed by atoms with van der Waals surface area (Å²) in [5.41, 5.74) is 0.505. The first-order valence-electron chi connectivity index (χ1n) is 19.9. The Kier molecular flexibility index (Phi) is 13.1.